The lowest BCUT2D eigenvalue weighted by atomic mass is 10.2. The minimum atomic E-state index is -4.33. The fraction of sp³-hybridized carbons (Fsp3) is 0.143. The van der Waals surface area contributed by atoms with E-state index in [1.54, 1.807) is 0 Å². The van der Waals surface area contributed by atoms with Crippen molar-refractivity contribution in [2.75, 3.05) is 5.73 Å². The summed E-state index contributed by atoms with van der Waals surface area (Å²) in [5.41, 5.74) is 4.80. The highest BCUT2D eigenvalue weighted by molar-refractivity contribution is 7.80. The molecule has 0 amide bonds. The molecule has 2 N–H and O–H groups in total. The molecule has 0 fully saturated rings. The fourth-order valence-electron chi connectivity index (χ4n) is 0.720. The molecule has 0 aliphatic heterocycles. The molecule has 66 valence electrons. The highest BCUT2D eigenvalue weighted by Crippen LogP contribution is 2.31. The van der Waals surface area contributed by atoms with Crippen molar-refractivity contribution < 1.29 is 13.2 Å². The van der Waals surface area contributed by atoms with Crippen molar-refractivity contribution >= 4 is 18.3 Å². The zero-order chi connectivity index (χ0) is 9.35. The predicted octanol–water partition coefficient (Wildman–Crippen LogP) is 2.58. The van der Waals surface area contributed by atoms with Crippen molar-refractivity contribution in [2.45, 2.75) is 11.1 Å². The molecule has 12 heavy (non-hydrogen) atoms. The van der Waals surface area contributed by atoms with E-state index in [9.17, 15) is 13.2 Å². The SMILES string of the molecule is Nc1ccc(C(F)(F)F)cc1S. The van der Waals surface area contributed by atoms with E-state index >= 15 is 0 Å². The van der Waals surface area contributed by atoms with Crippen molar-refractivity contribution in [3.63, 3.8) is 0 Å². The lowest BCUT2D eigenvalue weighted by Crippen LogP contribution is -2.05. The van der Waals surface area contributed by atoms with Gasteiger partial charge in [0.15, 0.2) is 0 Å². The van der Waals surface area contributed by atoms with Crippen LogP contribution in [0.25, 0.3) is 0 Å². The minimum absolute atomic E-state index is 0.143. The normalized spacial score (nSPS) is 11.7. The first-order chi connectivity index (χ1) is 5.41. The Bertz CT molecular complexity index is 295. The second-order valence-corrected chi connectivity index (χ2v) is 2.75. The molecule has 0 heterocycles. The summed E-state index contributed by atoms with van der Waals surface area (Å²) in [5.74, 6) is 0. The molecule has 0 aliphatic carbocycles. The Hall–Kier alpha value is -0.840. The van der Waals surface area contributed by atoms with E-state index in [1.807, 2.05) is 0 Å². The van der Waals surface area contributed by atoms with E-state index in [0.29, 0.717) is 0 Å². The van der Waals surface area contributed by atoms with Crippen molar-refractivity contribution in [3.8, 4) is 0 Å². The number of halogens is 3. The van der Waals surface area contributed by atoms with Gasteiger partial charge in [0.25, 0.3) is 0 Å². The predicted molar refractivity (Wildman–Crippen MR) is 43.1 cm³/mol. The summed E-state index contributed by atoms with van der Waals surface area (Å²) >= 11 is 3.77. The average molecular weight is 193 g/mol. The highest BCUT2D eigenvalue weighted by Gasteiger charge is 2.30. The van der Waals surface area contributed by atoms with Gasteiger partial charge < -0.3 is 5.73 Å². The maximum atomic E-state index is 12.0. The molecule has 0 saturated carbocycles. The number of benzene rings is 1. The van der Waals surface area contributed by atoms with Crippen LogP contribution in [0.4, 0.5) is 18.9 Å². The zero-order valence-electron chi connectivity index (χ0n) is 5.89. The van der Waals surface area contributed by atoms with Gasteiger partial charge in [0.05, 0.1) is 5.56 Å². The molecule has 0 saturated heterocycles. The van der Waals surface area contributed by atoms with E-state index in [4.69, 9.17) is 5.73 Å². The largest absolute Gasteiger partial charge is 0.416 e. The first kappa shape index (κ1) is 9.25. The summed E-state index contributed by atoms with van der Waals surface area (Å²) in [6, 6.07) is 3.01. The number of rotatable bonds is 0. The molecule has 1 rings (SSSR count). The molecule has 0 unspecified atom stereocenters. The maximum Gasteiger partial charge on any atom is 0.416 e. The molecule has 0 radical (unpaired) electrons. The maximum absolute atomic E-state index is 12.0. The summed E-state index contributed by atoms with van der Waals surface area (Å²) in [7, 11) is 0. The standard InChI is InChI=1S/C7H6F3NS/c8-7(9,10)4-1-2-5(11)6(12)3-4/h1-3,12H,11H2. The first-order valence-corrected chi connectivity index (χ1v) is 3.51. The van der Waals surface area contributed by atoms with Crippen LogP contribution in [0.1, 0.15) is 5.56 Å². The summed E-state index contributed by atoms with van der Waals surface area (Å²) in [4.78, 5) is 0.143. The van der Waals surface area contributed by atoms with E-state index in [2.05, 4.69) is 12.6 Å². The molecule has 0 aromatic heterocycles. The number of anilines is 1. The molecule has 0 bridgehead atoms. The Morgan fingerprint density at radius 2 is 1.83 bits per heavy atom. The van der Waals surface area contributed by atoms with Crippen LogP contribution >= 0.6 is 12.6 Å². The van der Waals surface area contributed by atoms with Crippen molar-refractivity contribution in [3.05, 3.63) is 23.8 Å². The molecule has 0 aliphatic rings. The number of nitrogen functional groups attached to an aromatic ring is 1. The molecule has 5 heteroatoms. The van der Waals surface area contributed by atoms with Gasteiger partial charge >= 0.3 is 6.18 Å². The zero-order valence-corrected chi connectivity index (χ0v) is 6.78. The molecule has 1 nitrogen and oxygen atoms in total. The smallest absolute Gasteiger partial charge is 0.398 e. The Balaban J connectivity index is 3.14. The number of alkyl halides is 3. The van der Waals surface area contributed by atoms with Crippen molar-refractivity contribution in [1.82, 2.24) is 0 Å². The third-order valence-electron chi connectivity index (χ3n) is 1.36. The Morgan fingerprint density at radius 1 is 1.25 bits per heavy atom. The molecular weight excluding hydrogens is 187 g/mol. The first-order valence-electron chi connectivity index (χ1n) is 3.07. The summed E-state index contributed by atoms with van der Waals surface area (Å²) in [6.45, 7) is 0. The Kier molecular flexibility index (Phi) is 2.23. The topological polar surface area (TPSA) is 26.0 Å². The van der Waals surface area contributed by atoms with Gasteiger partial charge in [-0.25, -0.2) is 0 Å². The number of thiol groups is 1. The van der Waals surface area contributed by atoms with Gasteiger partial charge in [0, 0.05) is 10.6 Å². The van der Waals surface area contributed by atoms with Gasteiger partial charge in [-0.05, 0) is 18.2 Å². The fourth-order valence-corrected chi connectivity index (χ4v) is 0.934. The van der Waals surface area contributed by atoms with Crippen LogP contribution in [0.15, 0.2) is 23.1 Å². The van der Waals surface area contributed by atoms with Crippen LogP contribution in [0, 0.1) is 0 Å². The highest BCUT2D eigenvalue weighted by atomic mass is 32.1. The van der Waals surface area contributed by atoms with Crippen LogP contribution < -0.4 is 5.73 Å². The molecule has 0 spiro atoms. The van der Waals surface area contributed by atoms with Gasteiger partial charge in [0.2, 0.25) is 0 Å². The number of nitrogens with two attached hydrogens (primary N) is 1. The van der Waals surface area contributed by atoms with Crippen molar-refractivity contribution in [1.29, 1.82) is 0 Å². The van der Waals surface area contributed by atoms with Crippen LogP contribution in [0.2, 0.25) is 0 Å². The summed E-state index contributed by atoms with van der Waals surface area (Å²) in [5, 5.41) is 0. The van der Waals surface area contributed by atoms with Crippen LogP contribution in [-0.4, -0.2) is 0 Å². The van der Waals surface area contributed by atoms with Crippen LogP contribution in [-0.2, 0) is 6.18 Å². The lowest BCUT2D eigenvalue weighted by Gasteiger charge is -2.07. The summed E-state index contributed by atoms with van der Waals surface area (Å²) < 4.78 is 36.1. The third kappa shape index (κ3) is 1.85. The van der Waals surface area contributed by atoms with E-state index < -0.39 is 11.7 Å². The number of hydrogen-bond acceptors (Lipinski definition) is 2. The second kappa shape index (κ2) is 2.90. The van der Waals surface area contributed by atoms with E-state index in [-0.39, 0.29) is 10.6 Å². The Morgan fingerprint density at radius 3 is 2.25 bits per heavy atom. The molecule has 1 aromatic rings. The summed E-state index contributed by atoms with van der Waals surface area (Å²) in [6.07, 6.45) is -4.33. The van der Waals surface area contributed by atoms with Gasteiger partial charge in [-0.1, -0.05) is 0 Å². The minimum Gasteiger partial charge on any atom is -0.398 e. The molecule has 0 atom stereocenters. The third-order valence-corrected chi connectivity index (χ3v) is 1.75. The van der Waals surface area contributed by atoms with Gasteiger partial charge in [-0.15, -0.1) is 12.6 Å². The van der Waals surface area contributed by atoms with Crippen LogP contribution in [0.5, 0.6) is 0 Å². The second-order valence-electron chi connectivity index (χ2n) is 2.27. The lowest BCUT2D eigenvalue weighted by molar-refractivity contribution is -0.137. The quantitative estimate of drug-likeness (QED) is 0.480. The van der Waals surface area contributed by atoms with Gasteiger partial charge in [-0.3, -0.25) is 0 Å². The molecule has 1 aromatic carbocycles. The Labute approximate surface area is 72.8 Å². The van der Waals surface area contributed by atoms with Crippen molar-refractivity contribution in [2.24, 2.45) is 0 Å². The van der Waals surface area contributed by atoms with Gasteiger partial charge in [-0.2, -0.15) is 13.2 Å². The average Bonchev–Trinajstić information content (AvgIpc) is 1.92. The van der Waals surface area contributed by atoms with Gasteiger partial charge in [0.1, 0.15) is 0 Å². The monoisotopic (exact) mass is 193 g/mol. The van der Waals surface area contributed by atoms with E-state index in [1.165, 1.54) is 6.07 Å². The van der Waals surface area contributed by atoms with E-state index in [0.717, 1.165) is 12.1 Å². The van der Waals surface area contributed by atoms with Crippen LogP contribution in [0.3, 0.4) is 0 Å². The number of hydrogen-bond donors (Lipinski definition) is 2. The molecular formula is C7H6F3NS.